The summed E-state index contributed by atoms with van der Waals surface area (Å²) in [6, 6.07) is 7.85. The van der Waals surface area contributed by atoms with Crippen LogP contribution in [0.3, 0.4) is 0 Å². The fraction of sp³-hybridized carbons (Fsp3) is 0.312. The highest BCUT2D eigenvalue weighted by molar-refractivity contribution is 5.72. The Balaban J connectivity index is 1.97. The lowest BCUT2D eigenvalue weighted by Crippen LogP contribution is -2.31. The molecule has 2 heterocycles. The molecule has 1 atom stereocenters. The smallest absolute Gasteiger partial charge is 0.407 e. The maximum Gasteiger partial charge on any atom is 0.407 e. The van der Waals surface area contributed by atoms with Gasteiger partial charge in [0.05, 0.1) is 19.0 Å². The molecule has 0 spiro atoms. The molecule has 1 aromatic carbocycles. The Kier molecular flexibility index (Phi) is 3.91. The van der Waals surface area contributed by atoms with Crippen LogP contribution in [-0.4, -0.2) is 46.5 Å². The van der Waals surface area contributed by atoms with Gasteiger partial charge in [0.1, 0.15) is 5.75 Å². The number of rotatable bonds is 3. The first kappa shape index (κ1) is 14.3. The Labute approximate surface area is 128 Å². The van der Waals surface area contributed by atoms with Crippen LogP contribution in [0.4, 0.5) is 4.79 Å². The summed E-state index contributed by atoms with van der Waals surface area (Å²) in [5.74, 6) is 0.963. The minimum atomic E-state index is -0.914. The highest BCUT2D eigenvalue weighted by atomic mass is 16.5. The van der Waals surface area contributed by atoms with Gasteiger partial charge in [-0.05, 0) is 18.1 Å². The molecule has 0 fully saturated rings. The summed E-state index contributed by atoms with van der Waals surface area (Å²) in [5.41, 5.74) is 2.96. The number of nitrogens with zero attached hydrogens (tertiary/aromatic N) is 3. The molecule has 1 amide bonds. The summed E-state index contributed by atoms with van der Waals surface area (Å²) in [6.07, 6.45) is 3.24. The van der Waals surface area contributed by atoms with Crippen molar-refractivity contribution in [3.63, 3.8) is 0 Å². The summed E-state index contributed by atoms with van der Waals surface area (Å²) in [6.45, 7) is 1.05. The first-order valence-electron chi connectivity index (χ1n) is 7.13. The number of ether oxygens (including phenoxy) is 1. The van der Waals surface area contributed by atoms with E-state index in [1.807, 2.05) is 24.3 Å². The van der Waals surface area contributed by atoms with Crippen molar-refractivity contribution in [1.82, 2.24) is 15.1 Å². The zero-order valence-corrected chi connectivity index (χ0v) is 12.3. The average molecular weight is 299 g/mol. The Morgan fingerprint density at radius 2 is 2.27 bits per heavy atom. The number of likely N-dealkylation sites (N-methyl/N-ethyl adjacent to an activating group) is 1. The van der Waals surface area contributed by atoms with Gasteiger partial charge in [-0.15, -0.1) is 0 Å². The van der Waals surface area contributed by atoms with Gasteiger partial charge in [0.25, 0.3) is 0 Å². The van der Waals surface area contributed by atoms with Gasteiger partial charge in [0.2, 0.25) is 0 Å². The van der Waals surface area contributed by atoms with Gasteiger partial charge in [-0.1, -0.05) is 18.2 Å². The third-order valence-corrected chi connectivity index (χ3v) is 3.91. The van der Waals surface area contributed by atoms with Crippen molar-refractivity contribution in [2.24, 2.45) is 0 Å². The Bertz CT molecular complexity index is 676. The summed E-state index contributed by atoms with van der Waals surface area (Å²) >= 11 is 0. The van der Waals surface area contributed by atoms with Crippen molar-refractivity contribution in [3.8, 4) is 16.9 Å². The molecule has 0 aliphatic carbocycles. The summed E-state index contributed by atoms with van der Waals surface area (Å²) in [7, 11) is 1.59. The van der Waals surface area contributed by atoms with Gasteiger partial charge in [0, 0.05) is 30.6 Å². The van der Waals surface area contributed by atoms with Gasteiger partial charge in [-0.25, -0.2) is 4.79 Å². The molecule has 6 nitrogen and oxygen atoms in total. The Morgan fingerprint density at radius 3 is 3.00 bits per heavy atom. The highest BCUT2D eigenvalue weighted by Crippen LogP contribution is 2.40. The van der Waals surface area contributed by atoms with E-state index in [1.165, 1.54) is 4.90 Å². The maximum atomic E-state index is 11.1. The van der Waals surface area contributed by atoms with Crippen molar-refractivity contribution in [2.45, 2.75) is 12.3 Å². The zero-order valence-electron chi connectivity index (χ0n) is 12.3. The monoisotopic (exact) mass is 299 g/mol. The number of carbonyl (C=O) groups is 1. The molecule has 0 radical (unpaired) electrons. The van der Waals surface area contributed by atoms with Crippen LogP contribution < -0.4 is 4.74 Å². The molecule has 1 aliphatic heterocycles. The SMILES string of the molecule is CN(C[C@@H]1CCOc2c(-c3ccnnc3)cccc21)C(=O)O. The third kappa shape index (κ3) is 2.72. The predicted molar refractivity (Wildman–Crippen MR) is 81.0 cm³/mol. The van der Waals surface area contributed by atoms with E-state index in [9.17, 15) is 4.79 Å². The van der Waals surface area contributed by atoms with Crippen LogP contribution in [0, 0.1) is 0 Å². The van der Waals surface area contributed by atoms with Crippen LogP contribution in [-0.2, 0) is 0 Å². The molecular weight excluding hydrogens is 282 g/mol. The maximum absolute atomic E-state index is 11.1. The highest BCUT2D eigenvalue weighted by Gasteiger charge is 2.26. The molecule has 6 heteroatoms. The summed E-state index contributed by atoms with van der Waals surface area (Å²) in [4.78, 5) is 12.4. The minimum absolute atomic E-state index is 0.139. The first-order valence-corrected chi connectivity index (χ1v) is 7.13. The molecule has 0 saturated carbocycles. The molecule has 0 unspecified atom stereocenters. The topological polar surface area (TPSA) is 75.5 Å². The van der Waals surface area contributed by atoms with Crippen LogP contribution in [0.5, 0.6) is 5.75 Å². The van der Waals surface area contributed by atoms with Crippen LogP contribution in [0.15, 0.2) is 36.7 Å². The van der Waals surface area contributed by atoms with E-state index in [0.717, 1.165) is 28.9 Å². The molecule has 114 valence electrons. The lowest BCUT2D eigenvalue weighted by molar-refractivity contribution is 0.149. The van der Waals surface area contributed by atoms with Gasteiger partial charge >= 0.3 is 6.09 Å². The van der Waals surface area contributed by atoms with Gasteiger partial charge in [-0.3, -0.25) is 0 Å². The predicted octanol–water partition coefficient (Wildman–Crippen LogP) is 2.62. The second kappa shape index (κ2) is 6.01. The van der Waals surface area contributed by atoms with Gasteiger partial charge in [-0.2, -0.15) is 10.2 Å². The van der Waals surface area contributed by atoms with Crippen molar-refractivity contribution < 1.29 is 14.6 Å². The van der Waals surface area contributed by atoms with E-state index in [4.69, 9.17) is 9.84 Å². The van der Waals surface area contributed by atoms with E-state index in [1.54, 1.807) is 19.4 Å². The van der Waals surface area contributed by atoms with E-state index in [-0.39, 0.29) is 5.92 Å². The second-order valence-corrected chi connectivity index (χ2v) is 5.35. The molecule has 0 bridgehead atoms. The molecule has 22 heavy (non-hydrogen) atoms. The fourth-order valence-electron chi connectivity index (χ4n) is 2.77. The van der Waals surface area contributed by atoms with Crippen molar-refractivity contribution in [1.29, 1.82) is 0 Å². The number of hydrogen-bond donors (Lipinski definition) is 1. The lowest BCUT2D eigenvalue weighted by atomic mass is 9.89. The second-order valence-electron chi connectivity index (χ2n) is 5.35. The van der Waals surface area contributed by atoms with E-state index < -0.39 is 6.09 Å². The van der Waals surface area contributed by atoms with Crippen LogP contribution in [0.25, 0.3) is 11.1 Å². The largest absolute Gasteiger partial charge is 0.493 e. The third-order valence-electron chi connectivity index (χ3n) is 3.91. The van der Waals surface area contributed by atoms with Crippen LogP contribution >= 0.6 is 0 Å². The lowest BCUT2D eigenvalue weighted by Gasteiger charge is -2.29. The zero-order chi connectivity index (χ0) is 15.5. The molecule has 1 N–H and O–H groups in total. The first-order chi connectivity index (χ1) is 10.7. The van der Waals surface area contributed by atoms with E-state index in [2.05, 4.69) is 10.2 Å². The number of aromatic nitrogens is 2. The molecule has 2 aromatic rings. The van der Waals surface area contributed by atoms with Crippen molar-refractivity contribution in [3.05, 3.63) is 42.2 Å². The average Bonchev–Trinajstić information content (AvgIpc) is 2.55. The van der Waals surface area contributed by atoms with Gasteiger partial charge in [0.15, 0.2) is 0 Å². The van der Waals surface area contributed by atoms with Crippen molar-refractivity contribution >= 4 is 6.09 Å². The van der Waals surface area contributed by atoms with Crippen molar-refractivity contribution in [2.75, 3.05) is 20.2 Å². The number of hydrogen-bond acceptors (Lipinski definition) is 4. The number of para-hydroxylation sites is 1. The fourth-order valence-corrected chi connectivity index (χ4v) is 2.77. The molecule has 1 aliphatic rings. The number of fused-ring (bicyclic) bond motifs is 1. The normalized spacial score (nSPS) is 16.5. The number of carboxylic acid groups (broad SMARTS) is 1. The summed E-state index contributed by atoms with van der Waals surface area (Å²) in [5, 5.41) is 16.8. The molecule has 3 rings (SSSR count). The quantitative estimate of drug-likeness (QED) is 0.943. The van der Waals surface area contributed by atoms with E-state index >= 15 is 0 Å². The number of benzene rings is 1. The van der Waals surface area contributed by atoms with Gasteiger partial charge < -0.3 is 14.7 Å². The number of amides is 1. The van der Waals surface area contributed by atoms with Crippen LogP contribution in [0.2, 0.25) is 0 Å². The molecule has 0 saturated heterocycles. The minimum Gasteiger partial charge on any atom is -0.493 e. The molecular formula is C16H17N3O3. The Morgan fingerprint density at radius 1 is 1.41 bits per heavy atom. The molecule has 1 aromatic heterocycles. The van der Waals surface area contributed by atoms with E-state index in [0.29, 0.717) is 13.2 Å². The summed E-state index contributed by atoms with van der Waals surface area (Å²) < 4.78 is 5.87. The standard InChI is InChI=1S/C16H17N3O3/c1-19(16(20)21)10-12-6-8-22-15-13(3-2-4-14(12)15)11-5-7-17-18-9-11/h2-5,7,9,12H,6,8,10H2,1H3,(H,20,21)/t12-/m0/s1. The Hall–Kier alpha value is -2.63. The van der Waals surface area contributed by atoms with Crippen LogP contribution in [0.1, 0.15) is 17.9 Å².